The van der Waals surface area contributed by atoms with Crippen molar-refractivity contribution in [3.05, 3.63) is 33.9 Å². The van der Waals surface area contributed by atoms with E-state index in [4.69, 9.17) is 0 Å². The zero-order chi connectivity index (χ0) is 12.8. The molecule has 5 nitrogen and oxygen atoms in total. The number of nitrogens with one attached hydrogen (secondary N) is 1. The van der Waals surface area contributed by atoms with Crippen LogP contribution < -0.4 is 5.32 Å². The van der Waals surface area contributed by atoms with Crippen LogP contribution in [0.4, 0.5) is 5.69 Å². The number of carbonyl (C=O) groups excluding carboxylic acids is 1. The molecule has 0 aromatic heterocycles. The summed E-state index contributed by atoms with van der Waals surface area (Å²) in [5, 5.41) is 13.5. The Bertz CT molecular complexity index is 435. The van der Waals surface area contributed by atoms with Crippen molar-refractivity contribution in [2.75, 3.05) is 12.8 Å². The van der Waals surface area contributed by atoms with Crippen molar-refractivity contribution in [2.45, 2.75) is 18.2 Å². The van der Waals surface area contributed by atoms with Crippen LogP contribution in [0.2, 0.25) is 0 Å². The van der Waals surface area contributed by atoms with Crippen LogP contribution in [-0.2, 0) is 0 Å². The first-order valence-electron chi connectivity index (χ1n) is 5.20. The molecule has 0 atom stereocenters. The van der Waals surface area contributed by atoms with Crippen molar-refractivity contribution in [3.63, 3.8) is 0 Å². The number of benzene rings is 1. The fraction of sp³-hybridized carbons (Fsp3) is 0.364. The molecule has 92 valence electrons. The lowest BCUT2D eigenvalue weighted by Gasteiger charge is -2.05. The number of rotatable bonds is 5. The highest BCUT2D eigenvalue weighted by Gasteiger charge is 2.16. The molecule has 1 rings (SSSR count). The summed E-state index contributed by atoms with van der Waals surface area (Å²) in [6.07, 6.45) is 2.59. The highest BCUT2D eigenvalue weighted by atomic mass is 32.2. The van der Waals surface area contributed by atoms with E-state index in [2.05, 4.69) is 5.32 Å². The van der Waals surface area contributed by atoms with Gasteiger partial charge in [-0.2, -0.15) is 0 Å². The van der Waals surface area contributed by atoms with E-state index in [0.29, 0.717) is 17.0 Å². The van der Waals surface area contributed by atoms with E-state index in [1.807, 2.05) is 6.92 Å². The van der Waals surface area contributed by atoms with E-state index in [0.717, 1.165) is 6.42 Å². The maximum Gasteiger partial charge on any atom is 0.283 e. The van der Waals surface area contributed by atoms with Crippen molar-refractivity contribution in [1.82, 2.24) is 5.32 Å². The lowest BCUT2D eigenvalue weighted by Crippen LogP contribution is -2.23. The molecule has 0 aliphatic rings. The van der Waals surface area contributed by atoms with Crippen LogP contribution in [0.25, 0.3) is 0 Å². The molecule has 0 fully saturated rings. The van der Waals surface area contributed by atoms with Gasteiger partial charge in [0.05, 0.1) is 9.82 Å². The van der Waals surface area contributed by atoms with Gasteiger partial charge in [-0.25, -0.2) is 0 Å². The monoisotopic (exact) mass is 254 g/mol. The largest absolute Gasteiger partial charge is 0.352 e. The molecule has 1 amide bonds. The second-order valence-corrected chi connectivity index (χ2v) is 4.25. The van der Waals surface area contributed by atoms with Crippen LogP contribution in [0.1, 0.15) is 23.7 Å². The minimum absolute atomic E-state index is 0.0263. The molecule has 17 heavy (non-hydrogen) atoms. The Hall–Kier alpha value is -1.56. The van der Waals surface area contributed by atoms with Gasteiger partial charge in [0.25, 0.3) is 11.6 Å². The Labute approximate surface area is 104 Å². The Morgan fingerprint density at radius 2 is 2.24 bits per heavy atom. The van der Waals surface area contributed by atoms with E-state index in [-0.39, 0.29) is 11.6 Å². The number of nitrogens with zero attached hydrogens (tertiary/aromatic N) is 1. The fourth-order valence-electron chi connectivity index (χ4n) is 1.31. The third-order valence-corrected chi connectivity index (χ3v) is 2.96. The van der Waals surface area contributed by atoms with Gasteiger partial charge in [-0.1, -0.05) is 6.92 Å². The number of amides is 1. The summed E-state index contributed by atoms with van der Waals surface area (Å²) in [5.41, 5.74) is 0.296. The first kappa shape index (κ1) is 13.5. The molecule has 1 N–H and O–H groups in total. The maximum atomic E-state index is 11.6. The van der Waals surface area contributed by atoms with E-state index in [1.165, 1.54) is 17.8 Å². The van der Waals surface area contributed by atoms with Crippen molar-refractivity contribution >= 4 is 23.4 Å². The van der Waals surface area contributed by atoms with Crippen LogP contribution >= 0.6 is 11.8 Å². The number of hydrogen-bond donors (Lipinski definition) is 1. The molecule has 0 bridgehead atoms. The maximum absolute atomic E-state index is 11.6. The standard InChI is InChI=1S/C11H14N2O3S/c1-3-6-12-11(14)8-4-5-10(17-2)9(7-8)13(15)16/h4-5,7H,3,6H2,1-2H3,(H,12,14). The number of nitro groups is 1. The lowest BCUT2D eigenvalue weighted by molar-refractivity contribution is -0.387. The van der Waals surface area contributed by atoms with Crippen LogP contribution in [0, 0.1) is 10.1 Å². The zero-order valence-corrected chi connectivity index (χ0v) is 10.5. The number of nitro benzene ring substituents is 1. The molecule has 0 aliphatic heterocycles. The molecule has 1 aromatic rings. The molecule has 0 saturated heterocycles. The topological polar surface area (TPSA) is 72.2 Å². The predicted molar refractivity (Wildman–Crippen MR) is 67.5 cm³/mol. The Morgan fingerprint density at radius 1 is 1.53 bits per heavy atom. The first-order valence-corrected chi connectivity index (χ1v) is 6.43. The summed E-state index contributed by atoms with van der Waals surface area (Å²) in [5.74, 6) is -0.275. The summed E-state index contributed by atoms with van der Waals surface area (Å²) in [6, 6.07) is 4.52. The van der Waals surface area contributed by atoms with Gasteiger partial charge in [0.2, 0.25) is 0 Å². The summed E-state index contributed by atoms with van der Waals surface area (Å²) in [6.45, 7) is 2.51. The van der Waals surface area contributed by atoms with Crippen LogP contribution in [-0.4, -0.2) is 23.6 Å². The van der Waals surface area contributed by atoms with Gasteiger partial charge in [-0.15, -0.1) is 11.8 Å². The molecule has 0 unspecified atom stereocenters. The summed E-state index contributed by atoms with van der Waals surface area (Å²) < 4.78 is 0. The third-order valence-electron chi connectivity index (χ3n) is 2.17. The molecule has 0 spiro atoms. The van der Waals surface area contributed by atoms with Gasteiger partial charge in [-0.3, -0.25) is 14.9 Å². The van der Waals surface area contributed by atoms with Gasteiger partial charge in [-0.05, 0) is 24.8 Å². The predicted octanol–water partition coefficient (Wildman–Crippen LogP) is 2.46. The average Bonchev–Trinajstić information content (AvgIpc) is 2.34. The number of thioether (sulfide) groups is 1. The van der Waals surface area contributed by atoms with E-state index in [1.54, 1.807) is 18.4 Å². The zero-order valence-electron chi connectivity index (χ0n) is 9.73. The second-order valence-electron chi connectivity index (χ2n) is 3.40. The van der Waals surface area contributed by atoms with Crippen molar-refractivity contribution in [3.8, 4) is 0 Å². The fourth-order valence-corrected chi connectivity index (χ4v) is 1.86. The number of hydrogen-bond acceptors (Lipinski definition) is 4. The van der Waals surface area contributed by atoms with Crippen molar-refractivity contribution in [2.24, 2.45) is 0 Å². The molecule has 0 saturated carbocycles. The van der Waals surface area contributed by atoms with Gasteiger partial charge in [0.15, 0.2) is 0 Å². The van der Waals surface area contributed by atoms with Crippen LogP contribution in [0.15, 0.2) is 23.1 Å². The van der Waals surface area contributed by atoms with Gasteiger partial charge in [0, 0.05) is 18.2 Å². The summed E-state index contributed by atoms with van der Waals surface area (Å²) >= 11 is 1.29. The smallest absolute Gasteiger partial charge is 0.283 e. The second kappa shape index (κ2) is 6.24. The third kappa shape index (κ3) is 3.45. The quantitative estimate of drug-likeness (QED) is 0.497. The molecule has 6 heteroatoms. The minimum Gasteiger partial charge on any atom is -0.352 e. The van der Waals surface area contributed by atoms with Crippen molar-refractivity contribution in [1.29, 1.82) is 0 Å². The Balaban J connectivity index is 2.99. The normalized spacial score (nSPS) is 10.0. The van der Waals surface area contributed by atoms with E-state index in [9.17, 15) is 14.9 Å². The SMILES string of the molecule is CCCNC(=O)c1ccc(SC)c([N+](=O)[O-])c1. The highest BCUT2D eigenvalue weighted by molar-refractivity contribution is 7.98. The summed E-state index contributed by atoms with van der Waals surface area (Å²) in [7, 11) is 0. The molecule has 1 aromatic carbocycles. The molecule has 0 aliphatic carbocycles. The Kier molecular flexibility index (Phi) is 4.96. The van der Waals surface area contributed by atoms with Gasteiger partial charge < -0.3 is 5.32 Å². The van der Waals surface area contributed by atoms with Gasteiger partial charge >= 0.3 is 0 Å². The van der Waals surface area contributed by atoms with Crippen LogP contribution in [0.3, 0.4) is 0 Å². The first-order chi connectivity index (χ1) is 8.10. The molecule has 0 radical (unpaired) electrons. The van der Waals surface area contributed by atoms with E-state index >= 15 is 0 Å². The highest BCUT2D eigenvalue weighted by Crippen LogP contribution is 2.28. The van der Waals surface area contributed by atoms with Gasteiger partial charge in [0.1, 0.15) is 0 Å². The summed E-state index contributed by atoms with van der Waals surface area (Å²) in [4.78, 5) is 22.6. The van der Waals surface area contributed by atoms with E-state index < -0.39 is 4.92 Å². The molecular formula is C11H14N2O3S. The minimum atomic E-state index is -0.470. The van der Waals surface area contributed by atoms with Crippen molar-refractivity contribution < 1.29 is 9.72 Å². The molecular weight excluding hydrogens is 240 g/mol. The molecule has 0 heterocycles. The number of carbonyl (C=O) groups is 1. The Morgan fingerprint density at radius 3 is 2.76 bits per heavy atom. The van der Waals surface area contributed by atoms with Crippen LogP contribution in [0.5, 0.6) is 0 Å². The average molecular weight is 254 g/mol. The lowest BCUT2D eigenvalue weighted by atomic mass is 10.2.